The van der Waals surface area contributed by atoms with Crippen LogP contribution in [0.25, 0.3) is 0 Å². The number of halogens is 1. The van der Waals surface area contributed by atoms with E-state index in [0.717, 1.165) is 0 Å². The van der Waals surface area contributed by atoms with E-state index in [1.165, 1.54) is 19.2 Å². The minimum absolute atomic E-state index is 0.0660. The molecule has 0 aliphatic heterocycles. The first-order valence-electron chi connectivity index (χ1n) is 4.20. The number of rotatable bonds is 5. The van der Waals surface area contributed by atoms with Gasteiger partial charge >= 0.3 is 5.69 Å². The molecule has 82 valence electrons. The molecule has 0 aromatic heterocycles. The Labute approximate surface area is 95.3 Å². The summed E-state index contributed by atoms with van der Waals surface area (Å²) < 4.78 is 10.2. The number of hydrogen-bond donors (Lipinski definition) is 0. The van der Waals surface area contributed by atoms with Gasteiger partial charge in [0.15, 0.2) is 0 Å². The molecule has 1 rings (SSSR count). The van der Waals surface area contributed by atoms with Gasteiger partial charge in [0.2, 0.25) is 5.75 Å². The fourth-order valence-electron chi connectivity index (χ4n) is 1.05. The number of nitro groups is 1. The quantitative estimate of drug-likeness (QED) is 0.470. The van der Waals surface area contributed by atoms with E-state index in [4.69, 9.17) is 9.47 Å². The van der Waals surface area contributed by atoms with Crippen molar-refractivity contribution in [2.45, 2.75) is 0 Å². The zero-order valence-electron chi connectivity index (χ0n) is 8.10. The second-order valence-corrected chi connectivity index (χ2v) is 3.42. The minimum atomic E-state index is -0.493. The third kappa shape index (κ3) is 3.09. The Morgan fingerprint density at radius 2 is 2.27 bits per heavy atom. The molecule has 0 saturated heterocycles. The van der Waals surface area contributed by atoms with Crippen LogP contribution < -0.4 is 9.47 Å². The van der Waals surface area contributed by atoms with Crippen LogP contribution in [0, 0.1) is 10.1 Å². The highest BCUT2D eigenvalue weighted by Gasteiger charge is 2.14. The lowest BCUT2D eigenvalue weighted by atomic mass is 10.3. The fourth-order valence-corrected chi connectivity index (χ4v) is 1.22. The van der Waals surface area contributed by atoms with Crippen molar-refractivity contribution < 1.29 is 14.4 Å². The van der Waals surface area contributed by atoms with Crippen LogP contribution in [0.5, 0.6) is 11.5 Å². The van der Waals surface area contributed by atoms with Crippen LogP contribution in [0.3, 0.4) is 0 Å². The Balaban J connectivity index is 2.92. The molecule has 5 nitrogen and oxygen atoms in total. The third-order valence-electron chi connectivity index (χ3n) is 1.69. The van der Waals surface area contributed by atoms with E-state index >= 15 is 0 Å². The van der Waals surface area contributed by atoms with Gasteiger partial charge in [-0.15, -0.1) is 0 Å². The molecule has 1 aromatic rings. The first kappa shape index (κ1) is 11.8. The lowest BCUT2D eigenvalue weighted by Crippen LogP contribution is -1.99. The Bertz CT molecular complexity index is 356. The van der Waals surface area contributed by atoms with Crippen molar-refractivity contribution in [3.05, 3.63) is 28.3 Å². The predicted octanol–water partition coefficient (Wildman–Crippen LogP) is 2.38. The Kier molecular flexibility index (Phi) is 4.36. The van der Waals surface area contributed by atoms with Crippen molar-refractivity contribution in [1.29, 1.82) is 0 Å². The van der Waals surface area contributed by atoms with E-state index in [0.29, 0.717) is 17.7 Å². The monoisotopic (exact) mass is 275 g/mol. The number of nitrogens with zero attached hydrogens (tertiary/aromatic N) is 1. The molecule has 1 aromatic carbocycles. The van der Waals surface area contributed by atoms with E-state index in [2.05, 4.69) is 15.9 Å². The highest BCUT2D eigenvalue weighted by atomic mass is 79.9. The van der Waals surface area contributed by atoms with Crippen molar-refractivity contribution >= 4 is 21.6 Å². The van der Waals surface area contributed by atoms with Crippen LogP contribution in [-0.4, -0.2) is 24.0 Å². The van der Waals surface area contributed by atoms with Crippen molar-refractivity contribution in [3.63, 3.8) is 0 Å². The number of hydrogen-bond acceptors (Lipinski definition) is 4. The van der Waals surface area contributed by atoms with E-state index in [9.17, 15) is 10.1 Å². The molecular formula is C9H10BrNO4. The second-order valence-electron chi connectivity index (χ2n) is 2.63. The molecule has 15 heavy (non-hydrogen) atoms. The van der Waals surface area contributed by atoms with Gasteiger partial charge in [-0.25, -0.2) is 0 Å². The molecule has 0 atom stereocenters. The first-order valence-corrected chi connectivity index (χ1v) is 5.32. The number of alkyl halides is 1. The lowest BCUT2D eigenvalue weighted by Gasteiger charge is -2.06. The Hall–Kier alpha value is -1.30. The van der Waals surface area contributed by atoms with E-state index in [-0.39, 0.29) is 11.4 Å². The topological polar surface area (TPSA) is 61.6 Å². The van der Waals surface area contributed by atoms with Gasteiger partial charge in [0, 0.05) is 17.5 Å². The normalized spacial score (nSPS) is 9.73. The lowest BCUT2D eigenvalue weighted by molar-refractivity contribution is -0.385. The van der Waals surface area contributed by atoms with Crippen LogP contribution in [0.2, 0.25) is 0 Å². The second kappa shape index (κ2) is 5.55. The summed E-state index contributed by atoms with van der Waals surface area (Å²) in [5.74, 6) is 0.754. The smallest absolute Gasteiger partial charge is 0.311 e. The van der Waals surface area contributed by atoms with Crippen molar-refractivity contribution in [2.24, 2.45) is 0 Å². The fraction of sp³-hybridized carbons (Fsp3) is 0.333. The maximum atomic E-state index is 10.6. The number of nitro benzene ring substituents is 1. The maximum Gasteiger partial charge on any atom is 0.311 e. The molecular weight excluding hydrogens is 266 g/mol. The molecule has 0 unspecified atom stereocenters. The molecule has 0 N–H and O–H groups in total. The molecule has 0 saturated carbocycles. The van der Waals surface area contributed by atoms with Gasteiger partial charge in [-0.2, -0.15) is 0 Å². The van der Waals surface area contributed by atoms with Crippen LogP contribution in [-0.2, 0) is 0 Å². The van der Waals surface area contributed by atoms with E-state index in [1.54, 1.807) is 6.07 Å². The first-order chi connectivity index (χ1) is 7.19. The van der Waals surface area contributed by atoms with Crippen molar-refractivity contribution in [1.82, 2.24) is 0 Å². The number of methoxy groups -OCH3 is 1. The van der Waals surface area contributed by atoms with Gasteiger partial charge in [-0.3, -0.25) is 10.1 Å². The van der Waals surface area contributed by atoms with Crippen LogP contribution >= 0.6 is 15.9 Å². The van der Waals surface area contributed by atoms with Gasteiger partial charge < -0.3 is 9.47 Å². The highest BCUT2D eigenvalue weighted by molar-refractivity contribution is 9.09. The molecule has 0 amide bonds. The molecule has 0 fully saturated rings. The standard InChI is InChI=1S/C9H10BrNO4/c1-14-9-6-7(15-5-4-10)2-3-8(9)11(12)13/h2-3,6H,4-5H2,1H3. The van der Waals surface area contributed by atoms with Gasteiger partial charge in [0.1, 0.15) is 5.75 Å². The average molecular weight is 276 g/mol. The Morgan fingerprint density at radius 3 is 2.80 bits per heavy atom. The third-order valence-corrected chi connectivity index (χ3v) is 2.02. The minimum Gasteiger partial charge on any atom is -0.493 e. The molecule has 0 heterocycles. The van der Waals surface area contributed by atoms with Gasteiger partial charge in [0.25, 0.3) is 0 Å². The Morgan fingerprint density at radius 1 is 1.53 bits per heavy atom. The summed E-state index contributed by atoms with van der Waals surface area (Å²) >= 11 is 3.22. The number of benzene rings is 1. The number of ether oxygens (including phenoxy) is 2. The van der Waals surface area contributed by atoms with Crippen LogP contribution in [0.1, 0.15) is 0 Å². The average Bonchev–Trinajstić information content (AvgIpc) is 2.25. The zero-order valence-corrected chi connectivity index (χ0v) is 9.69. The summed E-state index contributed by atoms with van der Waals surface area (Å²) in [6.07, 6.45) is 0. The molecule has 0 bridgehead atoms. The molecule has 0 aliphatic rings. The van der Waals surface area contributed by atoms with Crippen LogP contribution in [0.15, 0.2) is 18.2 Å². The molecule has 0 radical (unpaired) electrons. The SMILES string of the molecule is COc1cc(OCCBr)ccc1[N+](=O)[O-]. The van der Waals surface area contributed by atoms with Gasteiger partial charge in [-0.1, -0.05) is 15.9 Å². The summed E-state index contributed by atoms with van der Waals surface area (Å²) in [4.78, 5) is 10.1. The van der Waals surface area contributed by atoms with Crippen molar-refractivity contribution in [3.8, 4) is 11.5 Å². The van der Waals surface area contributed by atoms with Crippen molar-refractivity contribution in [2.75, 3.05) is 19.0 Å². The van der Waals surface area contributed by atoms with E-state index < -0.39 is 4.92 Å². The van der Waals surface area contributed by atoms with Gasteiger partial charge in [-0.05, 0) is 6.07 Å². The summed E-state index contributed by atoms with van der Waals surface area (Å²) in [6.45, 7) is 0.501. The van der Waals surface area contributed by atoms with Gasteiger partial charge in [0.05, 0.1) is 18.6 Å². The highest BCUT2D eigenvalue weighted by Crippen LogP contribution is 2.30. The molecule has 0 aliphatic carbocycles. The summed E-state index contributed by atoms with van der Waals surface area (Å²) in [5, 5.41) is 11.3. The maximum absolute atomic E-state index is 10.6. The van der Waals surface area contributed by atoms with Crippen LogP contribution in [0.4, 0.5) is 5.69 Å². The molecule has 6 heteroatoms. The molecule has 0 spiro atoms. The summed E-state index contributed by atoms with van der Waals surface area (Å²) in [7, 11) is 1.39. The summed E-state index contributed by atoms with van der Waals surface area (Å²) in [6, 6.07) is 4.41. The zero-order chi connectivity index (χ0) is 11.3. The summed E-state index contributed by atoms with van der Waals surface area (Å²) in [5.41, 5.74) is -0.0660. The van der Waals surface area contributed by atoms with E-state index in [1.807, 2.05) is 0 Å². The largest absolute Gasteiger partial charge is 0.493 e. The predicted molar refractivity (Wildman–Crippen MR) is 58.9 cm³/mol.